The van der Waals surface area contributed by atoms with Gasteiger partial charge in [0.25, 0.3) is 5.91 Å². The van der Waals surface area contributed by atoms with Crippen molar-refractivity contribution in [1.29, 1.82) is 0 Å². The molecule has 1 amide bonds. The topological polar surface area (TPSA) is 64.5 Å². The fraction of sp³-hybridized carbons (Fsp3) is 0.522. The molecule has 152 valence electrons. The highest BCUT2D eigenvalue weighted by atomic mass is 16.5. The van der Waals surface area contributed by atoms with Crippen LogP contribution in [0.2, 0.25) is 0 Å². The van der Waals surface area contributed by atoms with Crippen LogP contribution in [0.5, 0.6) is 11.6 Å². The Morgan fingerprint density at radius 2 is 1.72 bits per heavy atom. The summed E-state index contributed by atoms with van der Waals surface area (Å²) in [5.74, 6) is 1.51. The minimum absolute atomic E-state index is 0.0808. The Morgan fingerprint density at radius 1 is 0.931 bits per heavy atom. The molecule has 1 aliphatic carbocycles. The lowest BCUT2D eigenvalue weighted by Gasteiger charge is -2.38. The highest BCUT2D eigenvalue weighted by Crippen LogP contribution is 2.38. The van der Waals surface area contributed by atoms with E-state index < -0.39 is 0 Å². The van der Waals surface area contributed by atoms with Crippen molar-refractivity contribution in [2.45, 2.75) is 75.7 Å². The first-order chi connectivity index (χ1) is 14.3. The minimum Gasteiger partial charge on any atom is -0.489 e. The zero-order chi connectivity index (χ0) is 19.6. The molecular formula is C23H27N3O3. The Kier molecular flexibility index (Phi) is 5.08. The molecule has 2 bridgehead atoms. The van der Waals surface area contributed by atoms with Crippen LogP contribution in [0.15, 0.2) is 42.9 Å². The molecule has 0 radical (unpaired) electrons. The standard InChI is InChI=1S/C23H27N3O3/c27-23(16-7-10-22(25-14-16)29-19-4-1-2-5-19)26-17-8-9-18(26)13-21(12-17)28-20-6-3-11-24-15-20/h3,6-7,10-11,14-15,17-19,21H,1-2,4-5,8-9,12-13H2. The highest BCUT2D eigenvalue weighted by Gasteiger charge is 2.44. The van der Waals surface area contributed by atoms with E-state index in [1.54, 1.807) is 18.6 Å². The number of aromatic nitrogens is 2. The second-order valence-electron chi connectivity index (χ2n) is 8.41. The molecule has 4 heterocycles. The van der Waals surface area contributed by atoms with Crippen LogP contribution < -0.4 is 9.47 Å². The summed E-state index contributed by atoms with van der Waals surface area (Å²) in [6.45, 7) is 0. The fourth-order valence-corrected chi connectivity index (χ4v) is 5.07. The van der Waals surface area contributed by atoms with Gasteiger partial charge in [-0.25, -0.2) is 4.98 Å². The molecule has 0 N–H and O–H groups in total. The molecule has 6 nitrogen and oxygen atoms in total. The lowest BCUT2D eigenvalue weighted by atomic mass is 9.98. The normalized spacial score (nSPS) is 26.5. The highest BCUT2D eigenvalue weighted by molar-refractivity contribution is 5.94. The molecule has 2 aromatic heterocycles. The molecule has 2 unspecified atom stereocenters. The van der Waals surface area contributed by atoms with Crippen molar-refractivity contribution in [3.63, 3.8) is 0 Å². The van der Waals surface area contributed by atoms with Crippen LogP contribution in [0.1, 0.15) is 61.7 Å². The molecule has 6 heteroatoms. The lowest BCUT2D eigenvalue weighted by Crippen LogP contribution is -2.49. The van der Waals surface area contributed by atoms with Crippen LogP contribution in [0.25, 0.3) is 0 Å². The van der Waals surface area contributed by atoms with E-state index in [1.165, 1.54) is 12.8 Å². The Bertz CT molecular complexity index is 822. The van der Waals surface area contributed by atoms with Gasteiger partial charge in [-0.2, -0.15) is 0 Å². The van der Waals surface area contributed by atoms with Crippen molar-refractivity contribution in [2.24, 2.45) is 0 Å². The fourth-order valence-electron chi connectivity index (χ4n) is 5.07. The van der Waals surface area contributed by atoms with Crippen LogP contribution in [-0.4, -0.2) is 45.1 Å². The number of amides is 1. The Balaban J connectivity index is 1.22. The maximum absolute atomic E-state index is 13.2. The average Bonchev–Trinajstić information content (AvgIpc) is 3.35. The second-order valence-corrected chi connectivity index (χ2v) is 8.41. The van der Waals surface area contributed by atoms with Gasteiger partial charge < -0.3 is 14.4 Å². The van der Waals surface area contributed by atoms with Crippen LogP contribution >= 0.6 is 0 Å². The van der Waals surface area contributed by atoms with Crippen LogP contribution in [-0.2, 0) is 0 Å². The van der Waals surface area contributed by atoms with E-state index in [0.717, 1.165) is 44.3 Å². The molecule has 0 aromatic carbocycles. The van der Waals surface area contributed by atoms with E-state index in [-0.39, 0.29) is 30.2 Å². The number of carbonyl (C=O) groups is 1. The van der Waals surface area contributed by atoms with Gasteiger partial charge in [0.05, 0.1) is 11.8 Å². The number of pyridine rings is 2. The third-order valence-corrected chi connectivity index (χ3v) is 6.43. The first kappa shape index (κ1) is 18.4. The number of hydrogen-bond donors (Lipinski definition) is 0. The Morgan fingerprint density at radius 3 is 2.38 bits per heavy atom. The molecule has 2 aliphatic heterocycles. The van der Waals surface area contributed by atoms with Crippen LogP contribution in [0.3, 0.4) is 0 Å². The number of nitrogens with zero attached hydrogens (tertiary/aromatic N) is 3. The molecule has 1 saturated carbocycles. The summed E-state index contributed by atoms with van der Waals surface area (Å²) >= 11 is 0. The van der Waals surface area contributed by atoms with Crippen LogP contribution in [0.4, 0.5) is 0 Å². The van der Waals surface area contributed by atoms with Gasteiger partial charge in [0, 0.05) is 43.4 Å². The van der Waals surface area contributed by atoms with Crippen LogP contribution in [0, 0.1) is 0 Å². The van der Waals surface area contributed by atoms with E-state index in [4.69, 9.17) is 9.47 Å². The van der Waals surface area contributed by atoms with Gasteiger partial charge in [-0.05, 0) is 56.7 Å². The first-order valence-electron chi connectivity index (χ1n) is 10.8. The predicted octanol–water partition coefficient (Wildman–Crippen LogP) is 4.01. The smallest absolute Gasteiger partial charge is 0.255 e. The maximum Gasteiger partial charge on any atom is 0.255 e. The van der Waals surface area contributed by atoms with Gasteiger partial charge in [0.2, 0.25) is 5.88 Å². The van der Waals surface area contributed by atoms with Gasteiger partial charge in [-0.3, -0.25) is 9.78 Å². The number of ether oxygens (including phenoxy) is 2. The Hall–Kier alpha value is -2.63. The van der Waals surface area contributed by atoms with Gasteiger partial charge in [-0.15, -0.1) is 0 Å². The van der Waals surface area contributed by atoms with Crippen molar-refractivity contribution in [3.8, 4) is 11.6 Å². The molecule has 3 fully saturated rings. The number of hydrogen-bond acceptors (Lipinski definition) is 5. The average molecular weight is 393 g/mol. The van der Waals surface area contributed by atoms with Gasteiger partial charge in [-0.1, -0.05) is 0 Å². The van der Waals surface area contributed by atoms with Gasteiger partial charge in [0.15, 0.2) is 0 Å². The number of piperidine rings is 1. The number of fused-ring (bicyclic) bond motifs is 2. The van der Waals surface area contributed by atoms with Gasteiger partial charge in [0.1, 0.15) is 18.0 Å². The number of rotatable bonds is 5. The molecule has 2 atom stereocenters. The molecule has 3 aliphatic rings. The van der Waals surface area contributed by atoms with Crippen molar-refractivity contribution < 1.29 is 14.3 Å². The minimum atomic E-state index is 0.0808. The molecular weight excluding hydrogens is 366 g/mol. The lowest BCUT2D eigenvalue weighted by molar-refractivity contribution is 0.0357. The molecule has 29 heavy (non-hydrogen) atoms. The molecule has 2 aromatic rings. The summed E-state index contributed by atoms with van der Waals surface area (Å²) < 4.78 is 12.0. The zero-order valence-electron chi connectivity index (χ0n) is 16.6. The zero-order valence-corrected chi connectivity index (χ0v) is 16.6. The van der Waals surface area contributed by atoms with E-state index in [9.17, 15) is 4.79 Å². The maximum atomic E-state index is 13.2. The molecule has 0 spiro atoms. The summed E-state index contributed by atoms with van der Waals surface area (Å²) in [5, 5.41) is 0. The van der Waals surface area contributed by atoms with E-state index >= 15 is 0 Å². The summed E-state index contributed by atoms with van der Waals surface area (Å²) in [6, 6.07) is 7.99. The molecule has 2 saturated heterocycles. The summed E-state index contributed by atoms with van der Waals surface area (Å²) in [5.41, 5.74) is 0.646. The monoisotopic (exact) mass is 393 g/mol. The third-order valence-electron chi connectivity index (χ3n) is 6.43. The second kappa shape index (κ2) is 8.01. The van der Waals surface area contributed by atoms with Gasteiger partial charge >= 0.3 is 0 Å². The SMILES string of the molecule is O=C(c1ccc(OC2CCCC2)nc1)N1C2CCC1CC(Oc1cccnc1)C2. The number of carbonyl (C=O) groups excluding carboxylic acids is 1. The van der Waals surface area contributed by atoms with Crippen molar-refractivity contribution >= 4 is 5.91 Å². The molecule has 5 rings (SSSR count). The van der Waals surface area contributed by atoms with E-state index in [0.29, 0.717) is 11.4 Å². The van der Waals surface area contributed by atoms with E-state index in [2.05, 4.69) is 14.9 Å². The van der Waals surface area contributed by atoms with Crippen molar-refractivity contribution in [1.82, 2.24) is 14.9 Å². The summed E-state index contributed by atoms with van der Waals surface area (Å²) in [7, 11) is 0. The third kappa shape index (κ3) is 3.93. The Labute approximate surface area is 171 Å². The van der Waals surface area contributed by atoms with E-state index in [1.807, 2.05) is 24.3 Å². The predicted molar refractivity (Wildman–Crippen MR) is 108 cm³/mol. The summed E-state index contributed by atoms with van der Waals surface area (Å²) in [6.07, 6.45) is 14.1. The quantitative estimate of drug-likeness (QED) is 0.768. The van der Waals surface area contributed by atoms with Crippen molar-refractivity contribution in [3.05, 3.63) is 48.4 Å². The first-order valence-corrected chi connectivity index (χ1v) is 10.8. The largest absolute Gasteiger partial charge is 0.489 e. The summed E-state index contributed by atoms with van der Waals surface area (Å²) in [4.78, 5) is 23.8. The van der Waals surface area contributed by atoms with Crippen molar-refractivity contribution in [2.75, 3.05) is 0 Å².